The number of para-hydroxylation sites is 1. The summed E-state index contributed by atoms with van der Waals surface area (Å²) in [6, 6.07) is 56.2. The summed E-state index contributed by atoms with van der Waals surface area (Å²) < 4.78 is 0. The summed E-state index contributed by atoms with van der Waals surface area (Å²) in [5, 5.41) is 2.59. The number of nitrogens with zero attached hydrogens (tertiary/aromatic N) is 1. The number of benzene rings is 7. The van der Waals surface area contributed by atoms with Crippen LogP contribution in [0.3, 0.4) is 0 Å². The van der Waals surface area contributed by atoms with E-state index in [4.69, 9.17) is 0 Å². The average Bonchev–Trinajstić information content (AvgIpc) is 3.49. The van der Waals surface area contributed by atoms with E-state index in [-0.39, 0.29) is 10.8 Å². The Morgan fingerprint density at radius 3 is 1.81 bits per heavy atom. The lowest BCUT2D eigenvalue weighted by molar-refractivity contribution is 0.660. The zero-order chi connectivity index (χ0) is 31.9. The number of fused-ring (bicyclic) bond motifs is 8. The van der Waals surface area contributed by atoms with Crippen LogP contribution in [0.2, 0.25) is 0 Å². The molecular weight excluding hydrogens is 567 g/mol. The van der Waals surface area contributed by atoms with Gasteiger partial charge in [-0.3, -0.25) is 0 Å². The molecule has 2 aliphatic rings. The lowest BCUT2D eigenvalue weighted by atomic mass is 9.80. The normalized spacial score (nSPS) is 14.7. The fraction of sp³-hybridized carbons (Fsp3) is 0.130. The van der Waals surface area contributed by atoms with E-state index in [1.165, 1.54) is 83.5 Å². The van der Waals surface area contributed by atoms with E-state index >= 15 is 0 Å². The van der Waals surface area contributed by atoms with Crippen molar-refractivity contribution in [1.29, 1.82) is 0 Å². The van der Waals surface area contributed by atoms with Crippen molar-refractivity contribution in [3.8, 4) is 33.4 Å². The molecule has 0 N–H and O–H groups in total. The second-order valence-electron chi connectivity index (χ2n) is 14.2. The second-order valence-corrected chi connectivity index (χ2v) is 14.2. The number of hydrogen-bond acceptors (Lipinski definition) is 1. The molecular formula is C46H37N. The molecule has 7 aromatic rings. The minimum absolute atomic E-state index is 0.105. The van der Waals surface area contributed by atoms with E-state index in [2.05, 4.69) is 184 Å². The Balaban J connectivity index is 1.40. The van der Waals surface area contributed by atoms with E-state index in [1.54, 1.807) is 0 Å². The van der Waals surface area contributed by atoms with Crippen LogP contribution in [0.25, 0.3) is 44.2 Å². The monoisotopic (exact) mass is 603 g/mol. The maximum absolute atomic E-state index is 2.55. The Morgan fingerprint density at radius 1 is 0.426 bits per heavy atom. The molecule has 0 spiro atoms. The molecule has 0 heterocycles. The number of hydrogen-bond donors (Lipinski definition) is 0. The zero-order valence-corrected chi connectivity index (χ0v) is 27.4. The summed E-state index contributed by atoms with van der Waals surface area (Å²) in [6.07, 6.45) is 0. The summed E-state index contributed by atoms with van der Waals surface area (Å²) in [5.41, 5.74) is 16.6. The first-order chi connectivity index (χ1) is 22.9. The molecule has 1 heteroatoms. The fourth-order valence-corrected chi connectivity index (χ4v) is 8.58. The molecule has 0 bridgehead atoms. The fourth-order valence-electron chi connectivity index (χ4n) is 8.58. The molecule has 1 nitrogen and oxygen atoms in total. The van der Waals surface area contributed by atoms with E-state index in [0.29, 0.717) is 0 Å². The van der Waals surface area contributed by atoms with E-state index in [1.807, 2.05) is 0 Å². The Hall–Kier alpha value is -5.40. The van der Waals surface area contributed by atoms with Crippen LogP contribution in [0, 0.1) is 0 Å². The van der Waals surface area contributed by atoms with Crippen molar-refractivity contribution >= 4 is 27.8 Å². The van der Waals surface area contributed by atoms with Crippen LogP contribution in [0.5, 0.6) is 0 Å². The topological polar surface area (TPSA) is 3.24 Å². The highest BCUT2D eigenvalue weighted by atomic mass is 15.1. The van der Waals surface area contributed by atoms with Crippen molar-refractivity contribution in [2.24, 2.45) is 0 Å². The smallest absolute Gasteiger partial charge is 0.0549 e. The summed E-state index contributed by atoms with van der Waals surface area (Å²) in [5.74, 6) is 0. The lowest BCUT2D eigenvalue weighted by Gasteiger charge is -2.32. The summed E-state index contributed by atoms with van der Waals surface area (Å²) in [7, 11) is 0. The highest BCUT2D eigenvalue weighted by Gasteiger charge is 2.40. The van der Waals surface area contributed by atoms with Gasteiger partial charge >= 0.3 is 0 Å². The van der Waals surface area contributed by atoms with E-state index in [0.717, 1.165) is 0 Å². The summed E-state index contributed by atoms with van der Waals surface area (Å²) in [4.78, 5) is 2.55. The molecule has 9 rings (SSSR count). The molecule has 0 aliphatic heterocycles. The molecule has 0 atom stereocenters. The lowest BCUT2D eigenvalue weighted by Crippen LogP contribution is -2.18. The molecule has 0 saturated heterocycles. The van der Waals surface area contributed by atoms with Gasteiger partial charge in [0.2, 0.25) is 0 Å². The maximum Gasteiger partial charge on any atom is 0.0549 e. The highest BCUT2D eigenvalue weighted by molar-refractivity contribution is 6.07. The zero-order valence-electron chi connectivity index (χ0n) is 27.4. The first-order valence-electron chi connectivity index (χ1n) is 16.7. The van der Waals surface area contributed by atoms with E-state index in [9.17, 15) is 0 Å². The molecule has 0 saturated carbocycles. The van der Waals surface area contributed by atoms with Crippen LogP contribution in [0.4, 0.5) is 17.1 Å². The molecule has 0 amide bonds. The molecule has 0 radical (unpaired) electrons. The molecule has 226 valence electrons. The Bertz CT molecular complexity index is 2360. The van der Waals surface area contributed by atoms with Crippen LogP contribution in [0.1, 0.15) is 49.9 Å². The third-order valence-electron chi connectivity index (χ3n) is 10.8. The third kappa shape index (κ3) is 3.96. The maximum atomic E-state index is 2.55. The minimum atomic E-state index is -0.145. The van der Waals surface area contributed by atoms with Crippen molar-refractivity contribution < 1.29 is 0 Å². The predicted molar refractivity (Wildman–Crippen MR) is 199 cm³/mol. The van der Waals surface area contributed by atoms with Crippen LogP contribution in [-0.2, 0) is 10.8 Å². The van der Waals surface area contributed by atoms with Crippen molar-refractivity contribution in [2.45, 2.75) is 38.5 Å². The molecule has 47 heavy (non-hydrogen) atoms. The van der Waals surface area contributed by atoms with Crippen molar-refractivity contribution in [2.75, 3.05) is 4.90 Å². The quantitative estimate of drug-likeness (QED) is 0.193. The summed E-state index contributed by atoms with van der Waals surface area (Å²) in [6.45, 7) is 9.53. The number of anilines is 3. The Morgan fingerprint density at radius 2 is 1.02 bits per heavy atom. The SMILES string of the molecule is CC1(C)c2ccccc2-c2ccc(N(c3ccccc3-c3ccccc3)c3cc4ccccc4c4c3-c3ccccc3C4(C)C)cc21. The summed E-state index contributed by atoms with van der Waals surface area (Å²) >= 11 is 0. The molecule has 7 aromatic carbocycles. The highest BCUT2D eigenvalue weighted by Crippen LogP contribution is 2.58. The number of rotatable bonds is 4. The Labute approximate surface area is 277 Å². The average molecular weight is 604 g/mol. The third-order valence-corrected chi connectivity index (χ3v) is 10.8. The van der Waals surface area contributed by atoms with Gasteiger partial charge in [-0.2, -0.15) is 0 Å². The first kappa shape index (κ1) is 27.9. The van der Waals surface area contributed by atoms with Gasteiger partial charge in [0, 0.05) is 27.6 Å². The molecule has 0 fully saturated rings. The van der Waals surface area contributed by atoms with Gasteiger partial charge in [0.15, 0.2) is 0 Å². The first-order valence-corrected chi connectivity index (χ1v) is 16.7. The molecule has 2 aliphatic carbocycles. The van der Waals surface area contributed by atoms with Gasteiger partial charge < -0.3 is 4.90 Å². The van der Waals surface area contributed by atoms with Gasteiger partial charge in [-0.25, -0.2) is 0 Å². The van der Waals surface area contributed by atoms with Crippen LogP contribution < -0.4 is 4.90 Å². The van der Waals surface area contributed by atoms with Crippen LogP contribution in [-0.4, -0.2) is 0 Å². The van der Waals surface area contributed by atoms with Gasteiger partial charge in [-0.1, -0.05) is 155 Å². The predicted octanol–water partition coefficient (Wildman–Crippen LogP) is 12.6. The largest absolute Gasteiger partial charge is 0.309 e. The van der Waals surface area contributed by atoms with Gasteiger partial charge in [-0.05, 0) is 79.5 Å². The van der Waals surface area contributed by atoms with Crippen molar-refractivity contribution in [3.63, 3.8) is 0 Å². The van der Waals surface area contributed by atoms with Crippen molar-refractivity contribution in [3.05, 3.63) is 174 Å². The van der Waals surface area contributed by atoms with Gasteiger partial charge in [0.05, 0.1) is 11.4 Å². The second kappa shape index (κ2) is 10.0. The van der Waals surface area contributed by atoms with Crippen LogP contribution in [0.15, 0.2) is 152 Å². The van der Waals surface area contributed by atoms with Crippen LogP contribution >= 0.6 is 0 Å². The Kier molecular flexibility index (Phi) is 5.96. The molecule has 0 aromatic heterocycles. The van der Waals surface area contributed by atoms with Gasteiger partial charge in [0.1, 0.15) is 0 Å². The van der Waals surface area contributed by atoms with Crippen molar-refractivity contribution in [1.82, 2.24) is 0 Å². The van der Waals surface area contributed by atoms with Gasteiger partial charge in [0.25, 0.3) is 0 Å². The van der Waals surface area contributed by atoms with Gasteiger partial charge in [-0.15, -0.1) is 0 Å². The minimum Gasteiger partial charge on any atom is -0.309 e. The standard InChI is InChI=1S/C46H37N/c1-45(2)38-23-13-10-21-35(38)36-27-26-32(29-40(36)45)47(41-25-15-12-19-33(41)30-16-6-5-7-17-30)42-28-31-18-8-9-20-34(31)44-43(42)37-22-11-14-24-39(37)46(44,3)4/h5-29H,1-4H3. The van der Waals surface area contributed by atoms with E-state index < -0.39 is 0 Å². The molecule has 0 unspecified atom stereocenters.